The van der Waals surface area contributed by atoms with E-state index in [9.17, 15) is 14.7 Å². The van der Waals surface area contributed by atoms with E-state index in [2.05, 4.69) is 29.6 Å². The van der Waals surface area contributed by atoms with Crippen molar-refractivity contribution in [2.45, 2.75) is 51.0 Å². The van der Waals surface area contributed by atoms with E-state index < -0.39 is 24.0 Å². The number of fused-ring (bicyclic) bond motifs is 3. The van der Waals surface area contributed by atoms with Gasteiger partial charge < -0.3 is 15.2 Å². The second-order valence-electron chi connectivity index (χ2n) is 8.52. The molecule has 0 spiro atoms. The SMILES string of the molecule is CC(C(=O)O)C(NC(=O)OCC1c2ccccc2-c2ccccc21)C1CCCCC1. The summed E-state index contributed by atoms with van der Waals surface area (Å²) in [6.45, 7) is 1.91. The highest BCUT2D eigenvalue weighted by atomic mass is 16.5. The van der Waals surface area contributed by atoms with Crippen LogP contribution < -0.4 is 5.32 Å². The van der Waals surface area contributed by atoms with Gasteiger partial charge in [-0.05, 0) is 47.9 Å². The van der Waals surface area contributed by atoms with Crippen LogP contribution in [0.3, 0.4) is 0 Å². The van der Waals surface area contributed by atoms with Crippen molar-refractivity contribution in [3.63, 3.8) is 0 Å². The first-order chi connectivity index (χ1) is 14.6. The Hall–Kier alpha value is -2.82. The number of nitrogens with one attached hydrogen (secondary N) is 1. The lowest BCUT2D eigenvalue weighted by Crippen LogP contribution is -2.48. The first-order valence-corrected chi connectivity index (χ1v) is 10.9. The molecule has 30 heavy (non-hydrogen) atoms. The lowest BCUT2D eigenvalue weighted by atomic mass is 9.79. The van der Waals surface area contributed by atoms with E-state index in [-0.39, 0.29) is 18.4 Å². The third kappa shape index (κ3) is 4.07. The fourth-order valence-corrected chi connectivity index (χ4v) is 5.07. The molecule has 1 amide bonds. The molecule has 1 saturated carbocycles. The van der Waals surface area contributed by atoms with Crippen LogP contribution in [0.1, 0.15) is 56.1 Å². The number of carboxylic acid groups (broad SMARTS) is 1. The van der Waals surface area contributed by atoms with Gasteiger partial charge in [0.25, 0.3) is 0 Å². The third-order valence-electron chi connectivity index (χ3n) is 6.71. The van der Waals surface area contributed by atoms with Crippen molar-refractivity contribution < 1.29 is 19.4 Å². The summed E-state index contributed by atoms with van der Waals surface area (Å²) in [5.74, 6) is -1.35. The van der Waals surface area contributed by atoms with E-state index >= 15 is 0 Å². The zero-order valence-corrected chi connectivity index (χ0v) is 17.3. The Morgan fingerprint density at radius 2 is 1.57 bits per heavy atom. The maximum Gasteiger partial charge on any atom is 0.407 e. The van der Waals surface area contributed by atoms with Crippen molar-refractivity contribution >= 4 is 12.1 Å². The van der Waals surface area contributed by atoms with Gasteiger partial charge in [-0.1, -0.05) is 67.8 Å². The van der Waals surface area contributed by atoms with Crippen LogP contribution in [0.2, 0.25) is 0 Å². The number of amides is 1. The van der Waals surface area contributed by atoms with Crippen LogP contribution in [0.15, 0.2) is 48.5 Å². The van der Waals surface area contributed by atoms with E-state index in [1.54, 1.807) is 6.92 Å². The molecule has 0 bridgehead atoms. The summed E-state index contributed by atoms with van der Waals surface area (Å²) in [5, 5.41) is 12.4. The molecule has 158 valence electrons. The summed E-state index contributed by atoms with van der Waals surface area (Å²) < 4.78 is 5.65. The Balaban J connectivity index is 1.45. The second kappa shape index (κ2) is 8.90. The number of hydrogen-bond acceptors (Lipinski definition) is 3. The number of carbonyl (C=O) groups is 2. The van der Waals surface area contributed by atoms with Crippen molar-refractivity contribution in [3.05, 3.63) is 59.7 Å². The van der Waals surface area contributed by atoms with Gasteiger partial charge >= 0.3 is 12.1 Å². The summed E-state index contributed by atoms with van der Waals surface area (Å²) in [6.07, 6.45) is 4.72. The van der Waals surface area contributed by atoms with Gasteiger partial charge in [0.15, 0.2) is 0 Å². The molecular weight excluding hydrogens is 378 g/mol. The molecule has 2 aliphatic carbocycles. The number of hydrogen-bond donors (Lipinski definition) is 2. The van der Waals surface area contributed by atoms with Crippen LogP contribution in [0.4, 0.5) is 4.79 Å². The Bertz CT molecular complexity index is 873. The minimum absolute atomic E-state index is 0.00632. The van der Waals surface area contributed by atoms with E-state index in [0.29, 0.717) is 0 Å². The largest absolute Gasteiger partial charge is 0.481 e. The fraction of sp³-hybridized carbons (Fsp3) is 0.440. The first-order valence-electron chi connectivity index (χ1n) is 10.9. The molecule has 4 rings (SSSR count). The van der Waals surface area contributed by atoms with Crippen LogP contribution in [0.5, 0.6) is 0 Å². The van der Waals surface area contributed by atoms with Crippen molar-refractivity contribution in [3.8, 4) is 11.1 Å². The number of aliphatic carboxylic acids is 1. The Morgan fingerprint density at radius 1 is 1.00 bits per heavy atom. The molecule has 0 aliphatic heterocycles. The molecule has 1 fully saturated rings. The zero-order chi connectivity index (χ0) is 21.1. The summed E-state index contributed by atoms with van der Waals surface area (Å²) in [6, 6.07) is 16.0. The predicted octanol–water partition coefficient (Wildman–Crippen LogP) is 5.19. The van der Waals surface area contributed by atoms with Crippen LogP contribution in [-0.2, 0) is 9.53 Å². The van der Waals surface area contributed by atoms with Crippen LogP contribution in [-0.4, -0.2) is 29.8 Å². The quantitative estimate of drug-likeness (QED) is 0.691. The zero-order valence-electron chi connectivity index (χ0n) is 17.3. The third-order valence-corrected chi connectivity index (χ3v) is 6.71. The molecular formula is C25H29NO4. The number of carbonyl (C=O) groups excluding carboxylic acids is 1. The molecule has 5 nitrogen and oxygen atoms in total. The minimum atomic E-state index is -0.885. The van der Waals surface area contributed by atoms with Crippen molar-refractivity contribution in [2.75, 3.05) is 6.61 Å². The monoisotopic (exact) mass is 407 g/mol. The highest BCUT2D eigenvalue weighted by Crippen LogP contribution is 2.44. The molecule has 2 N–H and O–H groups in total. The van der Waals surface area contributed by atoms with Gasteiger partial charge in [-0.3, -0.25) is 4.79 Å². The van der Waals surface area contributed by atoms with E-state index in [1.165, 1.54) is 17.5 Å². The number of benzene rings is 2. The van der Waals surface area contributed by atoms with Gasteiger partial charge in [0.2, 0.25) is 0 Å². The Labute approximate surface area is 177 Å². The molecule has 0 aromatic heterocycles. The molecule has 2 aromatic rings. The van der Waals surface area contributed by atoms with Gasteiger partial charge in [0, 0.05) is 12.0 Å². The smallest absolute Gasteiger partial charge is 0.407 e. The predicted molar refractivity (Wildman–Crippen MR) is 115 cm³/mol. The Morgan fingerprint density at radius 3 is 2.13 bits per heavy atom. The van der Waals surface area contributed by atoms with E-state index in [0.717, 1.165) is 36.8 Å². The minimum Gasteiger partial charge on any atom is -0.481 e. The van der Waals surface area contributed by atoms with Gasteiger partial charge in [-0.2, -0.15) is 0 Å². The Kier molecular flexibility index (Phi) is 6.07. The number of alkyl carbamates (subject to hydrolysis) is 1. The number of carboxylic acids is 1. The van der Waals surface area contributed by atoms with Gasteiger partial charge in [-0.25, -0.2) is 4.79 Å². The molecule has 2 atom stereocenters. The van der Waals surface area contributed by atoms with E-state index in [4.69, 9.17) is 4.74 Å². The standard InChI is InChI=1S/C25H29NO4/c1-16(24(27)28)23(17-9-3-2-4-10-17)26-25(29)30-15-22-20-13-7-5-11-18(20)19-12-6-8-14-21(19)22/h5-8,11-14,16-17,22-23H,2-4,9-10,15H2,1H3,(H,26,29)(H,27,28). The number of ether oxygens (including phenoxy) is 1. The summed E-state index contributed by atoms with van der Waals surface area (Å²) in [7, 11) is 0. The molecule has 0 radical (unpaired) electrons. The van der Waals surface area contributed by atoms with Crippen molar-refractivity contribution in [1.82, 2.24) is 5.32 Å². The van der Waals surface area contributed by atoms with Crippen LogP contribution in [0.25, 0.3) is 11.1 Å². The summed E-state index contributed by atoms with van der Waals surface area (Å²) in [5.41, 5.74) is 4.69. The average Bonchev–Trinajstić information content (AvgIpc) is 3.10. The topological polar surface area (TPSA) is 75.6 Å². The first kappa shape index (κ1) is 20.5. The maximum absolute atomic E-state index is 12.7. The van der Waals surface area contributed by atoms with Gasteiger partial charge in [0.1, 0.15) is 6.61 Å². The fourth-order valence-electron chi connectivity index (χ4n) is 5.07. The molecule has 0 heterocycles. The molecule has 5 heteroatoms. The average molecular weight is 408 g/mol. The second-order valence-corrected chi connectivity index (χ2v) is 8.52. The van der Waals surface area contributed by atoms with Crippen molar-refractivity contribution in [2.24, 2.45) is 11.8 Å². The van der Waals surface area contributed by atoms with Crippen LogP contribution in [0, 0.1) is 11.8 Å². The molecule has 2 aromatic carbocycles. The molecule has 0 saturated heterocycles. The van der Waals surface area contributed by atoms with E-state index in [1.807, 2.05) is 24.3 Å². The lowest BCUT2D eigenvalue weighted by molar-refractivity contribution is -0.142. The molecule has 2 unspecified atom stereocenters. The van der Waals surface area contributed by atoms with Crippen molar-refractivity contribution in [1.29, 1.82) is 0 Å². The normalized spacial score (nSPS) is 18.2. The lowest BCUT2D eigenvalue weighted by Gasteiger charge is -2.33. The summed E-state index contributed by atoms with van der Waals surface area (Å²) >= 11 is 0. The maximum atomic E-state index is 12.7. The van der Waals surface area contributed by atoms with Gasteiger partial charge in [0.05, 0.1) is 5.92 Å². The highest BCUT2D eigenvalue weighted by molar-refractivity contribution is 5.79. The van der Waals surface area contributed by atoms with Crippen LogP contribution >= 0.6 is 0 Å². The summed E-state index contributed by atoms with van der Waals surface area (Å²) in [4.78, 5) is 24.3. The van der Waals surface area contributed by atoms with Gasteiger partial charge in [-0.15, -0.1) is 0 Å². The molecule has 2 aliphatic rings. The highest BCUT2D eigenvalue weighted by Gasteiger charge is 2.34. The number of rotatable bonds is 6.